The van der Waals surface area contributed by atoms with Crippen molar-refractivity contribution in [2.45, 2.75) is 31.8 Å². The zero-order valence-electron chi connectivity index (χ0n) is 18.0. The first-order valence-corrected chi connectivity index (χ1v) is 10.7. The third kappa shape index (κ3) is 4.86. The molecule has 4 rings (SSSR count). The second-order valence-corrected chi connectivity index (χ2v) is 7.90. The highest BCUT2D eigenvalue weighted by Gasteiger charge is 2.62. The van der Waals surface area contributed by atoms with Crippen molar-refractivity contribution in [1.82, 2.24) is 0 Å². The van der Waals surface area contributed by atoms with E-state index < -0.39 is 29.6 Å². The fourth-order valence-corrected chi connectivity index (χ4v) is 4.00. The van der Waals surface area contributed by atoms with Crippen LogP contribution in [0.5, 0.6) is 0 Å². The summed E-state index contributed by atoms with van der Waals surface area (Å²) in [5, 5.41) is 0. The minimum absolute atomic E-state index is 0.0132. The second kappa shape index (κ2) is 10.2. The van der Waals surface area contributed by atoms with Crippen molar-refractivity contribution in [3.05, 3.63) is 108 Å². The zero-order valence-corrected chi connectivity index (χ0v) is 18.0. The molecule has 1 heterocycles. The molecule has 3 aromatic rings. The van der Waals surface area contributed by atoms with Gasteiger partial charge in [-0.1, -0.05) is 91.0 Å². The topological polar surface area (TPSA) is 78.9 Å². The van der Waals surface area contributed by atoms with Crippen LogP contribution in [0.1, 0.15) is 29.2 Å². The number of carbonyl (C=O) groups excluding carboxylic acids is 3. The Morgan fingerprint density at radius 2 is 1.24 bits per heavy atom. The van der Waals surface area contributed by atoms with E-state index in [1.165, 1.54) is 0 Å². The zero-order chi connectivity index (χ0) is 23.1. The van der Waals surface area contributed by atoms with Crippen LogP contribution in [-0.4, -0.2) is 24.3 Å². The van der Waals surface area contributed by atoms with Crippen LogP contribution in [-0.2, 0) is 41.8 Å². The van der Waals surface area contributed by atoms with Crippen LogP contribution in [0.4, 0.5) is 0 Å². The number of carbonyl (C=O) groups is 3. The van der Waals surface area contributed by atoms with E-state index in [0.717, 1.165) is 11.1 Å². The molecule has 1 fully saturated rings. The van der Waals surface area contributed by atoms with E-state index in [1.807, 2.05) is 66.7 Å². The van der Waals surface area contributed by atoms with Gasteiger partial charge in [0.2, 0.25) is 0 Å². The van der Waals surface area contributed by atoms with Gasteiger partial charge >= 0.3 is 11.9 Å². The molecule has 0 bridgehead atoms. The van der Waals surface area contributed by atoms with E-state index >= 15 is 0 Å². The molecule has 6 nitrogen and oxygen atoms in total. The Morgan fingerprint density at radius 3 is 1.70 bits per heavy atom. The number of hydrogen-bond acceptors (Lipinski definition) is 6. The molecule has 2 atom stereocenters. The standard InChI is InChI=1S/C27H24O6/c28-17-23-16-27(24(33-23)22-14-8-3-9-15-22,25(29)31-18-20-10-4-1-5-11-20)26(30)32-19-21-12-6-2-7-13-21/h1-15,17,23-24H,16,18-19H2/t23-,24-/m1/s1. The van der Waals surface area contributed by atoms with Gasteiger partial charge < -0.3 is 19.0 Å². The maximum Gasteiger partial charge on any atom is 0.327 e. The van der Waals surface area contributed by atoms with Gasteiger partial charge in [-0.25, -0.2) is 0 Å². The predicted molar refractivity (Wildman–Crippen MR) is 120 cm³/mol. The average Bonchev–Trinajstić information content (AvgIpc) is 3.29. The number of esters is 2. The number of rotatable bonds is 8. The number of aldehydes is 1. The van der Waals surface area contributed by atoms with Gasteiger partial charge in [0.1, 0.15) is 31.7 Å². The van der Waals surface area contributed by atoms with E-state index in [1.54, 1.807) is 24.3 Å². The van der Waals surface area contributed by atoms with Crippen LogP contribution in [0.15, 0.2) is 91.0 Å². The normalized spacial score (nSPS) is 18.9. The van der Waals surface area contributed by atoms with Crippen molar-refractivity contribution in [2.24, 2.45) is 5.41 Å². The molecule has 0 N–H and O–H groups in total. The van der Waals surface area contributed by atoms with Gasteiger partial charge in [-0.3, -0.25) is 9.59 Å². The molecule has 0 aliphatic carbocycles. The number of hydrogen-bond donors (Lipinski definition) is 0. The fraction of sp³-hybridized carbons (Fsp3) is 0.222. The van der Waals surface area contributed by atoms with Crippen LogP contribution in [0.25, 0.3) is 0 Å². The van der Waals surface area contributed by atoms with Gasteiger partial charge in [-0.15, -0.1) is 0 Å². The van der Waals surface area contributed by atoms with Crippen molar-refractivity contribution < 1.29 is 28.6 Å². The van der Waals surface area contributed by atoms with Crippen molar-refractivity contribution in [3.8, 4) is 0 Å². The summed E-state index contributed by atoms with van der Waals surface area (Å²) >= 11 is 0. The molecule has 0 radical (unpaired) electrons. The van der Waals surface area contributed by atoms with Gasteiger partial charge in [-0.05, 0) is 16.7 Å². The number of ether oxygens (including phenoxy) is 3. The summed E-state index contributed by atoms with van der Waals surface area (Å²) in [6.45, 7) is -0.0265. The van der Waals surface area contributed by atoms with Gasteiger partial charge in [0, 0.05) is 6.42 Å². The van der Waals surface area contributed by atoms with Crippen molar-refractivity contribution in [3.63, 3.8) is 0 Å². The van der Waals surface area contributed by atoms with Crippen molar-refractivity contribution in [2.75, 3.05) is 0 Å². The van der Waals surface area contributed by atoms with Crippen molar-refractivity contribution in [1.29, 1.82) is 0 Å². The lowest BCUT2D eigenvalue weighted by Gasteiger charge is -2.29. The largest absolute Gasteiger partial charge is 0.460 e. The molecule has 6 heteroatoms. The first-order chi connectivity index (χ1) is 16.1. The van der Waals surface area contributed by atoms with Crippen LogP contribution >= 0.6 is 0 Å². The highest BCUT2D eigenvalue weighted by atomic mass is 16.6. The minimum Gasteiger partial charge on any atom is -0.460 e. The second-order valence-electron chi connectivity index (χ2n) is 7.90. The number of benzene rings is 3. The van der Waals surface area contributed by atoms with Gasteiger partial charge in [-0.2, -0.15) is 0 Å². The van der Waals surface area contributed by atoms with Crippen LogP contribution in [0, 0.1) is 5.41 Å². The molecular weight excluding hydrogens is 420 g/mol. The smallest absolute Gasteiger partial charge is 0.327 e. The van der Waals surface area contributed by atoms with E-state index in [9.17, 15) is 14.4 Å². The molecule has 0 spiro atoms. The maximum absolute atomic E-state index is 13.5. The first kappa shape index (κ1) is 22.4. The molecule has 0 amide bonds. The molecule has 0 unspecified atom stereocenters. The molecule has 0 aromatic heterocycles. The third-order valence-corrected chi connectivity index (χ3v) is 5.69. The van der Waals surface area contributed by atoms with Crippen LogP contribution < -0.4 is 0 Å². The highest BCUT2D eigenvalue weighted by Crippen LogP contribution is 2.50. The van der Waals surface area contributed by atoms with E-state index in [0.29, 0.717) is 11.8 Å². The SMILES string of the molecule is O=C[C@H]1CC(C(=O)OCc2ccccc2)(C(=O)OCc2ccccc2)[C@@H](c2ccccc2)O1. The van der Waals surface area contributed by atoms with Crippen molar-refractivity contribution >= 4 is 18.2 Å². The summed E-state index contributed by atoms with van der Waals surface area (Å²) in [7, 11) is 0. The minimum atomic E-state index is -1.81. The van der Waals surface area contributed by atoms with E-state index in [-0.39, 0.29) is 19.6 Å². The van der Waals surface area contributed by atoms with Gasteiger partial charge in [0.05, 0.1) is 0 Å². The summed E-state index contributed by atoms with van der Waals surface area (Å²) < 4.78 is 17.1. The molecule has 3 aromatic carbocycles. The van der Waals surface area contributed by atoms with E-state index in [2.05, 4.69) is 0 Å². The Kier molecular flexibility index (Phi) is 6.95. The Balaban J connectivity index is 1.65. The lowest BCUT2D eigenvalue weighted by molar-refractivity contribution is -0.179. The Morgan fingerprint density at radius 1 is 0.788 bits per heavy atom. The maximum atomic E-state index is 13.5. The Hall–Kier alpha value is -3.77. The lowest BCUT2D eigenvalue weighted by Crippen LogP contribution is -2.44. The fourth-order valence-electron chi connectivity index (χ4n) is 4.00. The third-order valence-electron chi connectivity index (χ3n) is 5.69. The predicted octanol–water partition coefficient (Wildman–Crippen LogP) is 4.19. The molecule has 168 valence electrons. The molecule has 1 aliphatic rings. The summed E-state index contributed by atoms with van der Waals surface area (Å²) in [5.41, 5.74) is 0.341. The quantitative estimate of drug-likeness (QED) is 0.295. The monoisotopic (exact) mass is 444 g/mol. The molecule has 33 heavy (non-hydrogen) atoms. The summed E-state index contributed by atoms with van der Waals surface area (Å²) in [5.74, 6) is -1.55. The molecule has 0 saturated carbocycles. The van der Waals surface area contributed by atoms with Crippen LogP contribution in [0.3, 0.4) is 0 Å². The highest BCUT2D eigenvalue weighted by molar-refractivity contribution is 6.02. The van der Waals surface area contributed by atoms with Crippen LogP contribution in [0.2, 0.25) is 0 Å². The van der Waals surface area contributed by atoms with Gasteiger partial charge in [0.15, 0.2) is 5.41 Å². The Labute approximate surface area is 192 Å². The summed E-state index contributed by atoms with van der Waals surface area (Å²) in [6.07, 6.45) is -1.51. The average molecular weight is 444 g/mol. The molecule has 1 aliphatic heterocycles. The lowest BCUT2D eigenvalue weighted by atomic mass is 9.77. The Bertz CT molecular complexity index is 1030. The molecular formula is C27H24O6. The summed E-state index contributed by atoms with van der Waals surface area (Å²) in [4.78, 5) is 38.7. The molecule has 1 saturated heterocycles. The first-order valence-electron chi connectivity index (χ1n) is 10.7. The van der Waals surface area contributed by atoms with Gasteiger partial charge in [0.25, 0.3) is 0 Å². The summed E-state index contributed by atoms with van der Waals surface area (Å²) in [6, 6.07) is 27.2. The van der Waals surface area contributed by atoms with E-state index in [4.69, 9.17) is 14.2 Å².